The average Bonchev–Trinajstić information content (AvgIpc) is 3.79. The number of nitrogens with two attached hydrogens (primary N) is 1. The smallest absolute Gasteiger partial charge is 0.390 e. The monoisotopic (exact) mass is 798 g/mol. The van der Waals surface area contributed by atoms with Crippen molar-refractivity contribution in [3.05, 3.63) is 47.9 Å². The van der Waals surface area contributed by atoms with E-state index in [1.165, 1.54) is 107 Å². The van der Waals surface area contributed by atoms with Crippen LogP contribution in [0, 0.1) is 22.7 Å². The standard InChI is InChI=1S/C39H59N8O8P/c1-2-3-4-5-6-7-8-9-10-11-12-13-14-15-16-17-20-51-26-33(52-25-32-24-43-31(22-40)23-44-32)27-53-56(49,50)54-29-39(28-41)21-36(48)37(55-39)34-18-19-35-38(42)45-30-46-47(34)35/h18-19,23-24,30,33,36-37,48H,2-17,20-21,25-27,29H2,1H3,(H,49,50)(H2,42,45,46)/t33?,36-,37+,39-/m1/s1. The van der Waals surface area contributed by atoms with Crippen LogP contribution in [-0.4, -0.2) is 78.8 Å². The molecule has 4 N–H and O–H groups in total. The number of hydrogen-bond donors (Lipinski definition) is 3. The molecule has 1 aliphatic rings. The number of nitrogens with zero attached hydrogens (tertiary/aromatic N) is 7. The lowest BCUT2D eigenvalue weighted by atomic mass is 10.0. The summed E-state index contributed by atoms with van der Waals surface area (Å²) in [5.74, 6) is 0.227. The summed E-state index contributed by atoms with van der Waals surface area (Å²) in [6, 6.07) is 7.20. The molecule has 4 heterocycles. The second kappa shape index (κ2) is 24.3. The van der Waals surface area contributed by atoms with Crippen molar-refractivity contribution < 1.29 is 37.8 Å². The summed E-state index contributed by atoms with van der Waals surface area (Å²) in [5.41, 5.74) is 5.70. The Kier molecular flexibility index (Phi) is 19.6. The van der Waals surface area contributed by atoms with Gasteiger partial charge in [-0.25, -0.2) is 19.0 Å². The number of nitriles is 2. The highest BCUT2D eigenvalue weighted by molar-refractivity contribution is 7.47. The lowest BCUT2D eigenvalue weighted by molar-refractivity contribution is -0.0627. The zero-order valence-corrected chi connectivity index (χ0v) is 33.6. The number of ether oxygens (including phenoxy) is 3. The first kappa shape index (κ1) is 45.1. The molecule has 3 aromatic heterocycles. The van der Waals surface area contributed by atoms with Crippen molar-refractivity contribution in [3.63, 3.8) is 0 Å². The molecule has 56 heavy (non-hydrogen) atoms. The Labute approximate surface area is 330 Å². The Bertz CT molecular complexity index is 1720. The van der Waals surface area contributed by atoms with Gasteiger partial charge in [0.05, 0.1) is 49.7 Å². The molecule has 17 heteroatoms. The molecule has 0 aliphatic carbocycles. The van der Waals surface area contributed by atoms with Crippen molar-refractivity contribution in [1.29, 1.82) is 10.5 Å². The molecule has 16 nitrogen and oxygen atoms in total. The number of aromatic nitrogens is 5. The molecule has 0 radical (unpaired) electrons. The summed E-state index contributed by atoms with van der Waals surface area (Å²) in [6.45, 7) is 1.77. The van der Waals surface area contributed by atoms with Crippen molar-refractivity contribution >= 4 is 19.2 Å². The normalized spacial score (nSPS) is 19.8. The number of hydrogen-bond acceptors (Lipinski definition) is 14. The molecule has 0 amide bonds. The molecule has 1 fully saturated rings. The quantitative estimate of drug-likeness (QED) is 0.0471. The maximum atomic E-state index is 13.0. The molecule has 2 unspecified atom stereocenters. The lowest BCUT2D eigenvalue weighted by Crippen LogP contribution is -2.32. The van der Waals surface area contributed by atoms with Gasteiger partial charge in [0.25, 0.3) is 0 Å². The van der Waals surface area contributed by atoms with E-state index in [1.807, 2.05) is 12.1 Å². The molecule has 1 saturated heterocycles. The van der Waals surface area contributed by atoms with Gasteiger partial charge in [0.2, 0.25) is 0 Å². The van der Waals surface area contributed by atoms with Crippen LogP contribution in [-0.2, 0) is 34.4 Å². The van der Waals surface area contributed by atoms with Crippen LogP contribution in [0.3, 0.4) is 0 Å². The molecular formula is C39H59N8O8P. The van der Waals surface area contributed by atoms with E-state index < -0.39 is 38.3 Å². The summed E-state index contributed by atoms with van der Waals surface area (Å²) in [6.07, 6.45) is 21.3. The third-order valence-electron chi connectivity index (χ3n) is 9.86. The number of unbranched alkanes of at least 4 members (excludes halogenated alkanes) is 15. The minimum absolute atomic E-state index is 0.0125. The van der Waals surface area contributed by atoms with Gasteiger partial charge in [-0.3, -0.25) is 14.0 Å². The van der Waals surface area contributed by atoms with E-state index in [-0.39, 0.29) is 37.8 Å². The van der Waals surface area contributed by atoms with E-state index in [4.69, 9.17) is 34.3 Å². The van der Waals surface area contributed by atoms with Crippen molar-refractivity contribution in [3.8, 4) is 12.1 Å². The van der Waals surface area contributed by atoms with Crippen molar-refractivity contribution in [2.45, 2.75) is 147 Å². The molecule has 4 rings (SSSR count). The summed E-state index contributed by atoms with van der Waals surface area (Å²) in [4.78, 5) is 22.7. The van der Waals surface area contributed by atoms with E-state index >= 15 is 0 Å². The van der Waals surface area contributed by atoms with Gasteiger partial charge in [0.15, 0.2) is 17.1 Å². The predicted molar refractivity (Wildman–Crippen MR) is 208 cm³/mol. The van der Waals surface area contributed by atoms with Gasteiger partial charge in [0, 0.05) is 13.0 Å². The highest BCUT2D eigenvalue weighted by atomic mass is 31.2. The first-order valence-electron chi connectivity index (χ1n) is 20.1. The van der Waals surface area contributed by atoms with Gasteiger partial charge in [0.1, 0.15) is 42.8 Å². The fourth-order valence-corrected chi connectivity index (χ4v) is 7.46. The Morgan fingerprint density at radius 1 is 0.946 bits per heavy atom. The zero-order chi connectivity index (χ0) is 40.1. The van der Waals surface area contributed by atoms with Crippen LogP contribution >= 0.6 is 7.82 Å². The second-order valence-corrected chi connectivity index (χ2v) is 15.9. The minimum atomic E-state index is -4.74. The highest BCUT2D eigenvalue weighted by Gasteiger charge is 2.49. The average molecular weight is 799 g/mol. The number of anilines is 1. The van der Waals surface area contributed by atoms with Gasteiger partial charge < -0.3 is 29.9 Å². The number of phosphoric ester groups is 1. The number of fused-ring (bicyclic) bond motifs is 1. The first-order valence-corrected chi connectivity index (χ1v) is 21.6. The van der Waals surface area contributed by atoms with Gasteiger partial charge in [-0.05, 0) is 18.6 Å². The van der Waals surface area contributed by atoms with Crippen LogP contribution in [0.1, 0.15) is 139 Å². The maximum Gasteiger partial charge on any atom is 0.472 e. The number of aliphatic hydroxyl groups is 1. The van der Waals surface area contributed by atoms with Gasteiger partial charge in [-0.1, -0.05) is 103 Å². The lowest BCUT2D eigenvalue weighted by Gasteiger charge is -2.24. The summed E-state index contributed by atoms with van der Waals surface area (Å²) in [7, 11) is -4.74. The van der Waals surface area contributed by atoms with E-state index in [9.17, 15) is 19.8 Å². The number of aliphatic hydroxyl groups excluding tert-OH is 1. The Morgan fingerprint density at radius 2 is 1.61 bits per heavy atom. The SMILES string of the molecule is CCCCCCCCCCCCCCCCCCOCC(COP(=O)(O)OC[C@]1(C#N)C[C@@H](O)[C@H](c2ccc3c(N)ncnn23)O1)OCc1cnc(C#N)cn1. The van der Waals surface area contributed by atoms with Gasteiger partial charge in [-0.15, -0.1) is 0 Å². The minimum Gasteiger partial charge on any atom is -0.390 e. The Balaban J connectivity index is 1.16. The fraction of sp³-hybridized carbons (Fsp3) is 0.692. The fourth-order valence-electron chi connectivity index (χ4n) is 6.66. The zero-order valence-electron chi connectivity index (χ0n) is 32.7. The molecule has 3 aromatic rings. The molecule has 5 atom stereocenters. The molecular weight excluding hydrogens is 739 g/mol. The number of phosphoric acid groups is 1. The highest BCUT2D eigenvalue weighted by Crippen LogP contribution is 2.47. The van der Waals surface area contributed by atoms with Crippen LogP contribution in [0.4, 0.5) is 5.82 Å². The second-order valence-electron chi connectivity index (χ2n) is 14.5. The Hall–Kier alpha value is -3.57. The topological polar surface area (TPSA) is 233 Å². The molecule has 308 valence electrons. The third kappa shape index (κ3) is 15.1. The van der Waals surface area contributed by atoms with Crippen LogP contribution in [0.2, 0.25) is 0 Å². The van der Waals surface area contributed by atoms with Crippen LogP contribution in [0.5, 0.6) is 0 Å². The molecule has 0 bridgehead atoms. The van der Waals surface area contributed by atoms with E-state index in [1.54, 1.807) is 12.1 Å². The van der Waals surface area contributed by atoms with Gasteiger partial charge in [-0.2, -0.15) is 15.6 Å². The van der Waals surface area contributed by atoms with Crippen molar-refractivity contribution in [2.24, 2.45) is 0 Å². The largest absolute Gasteiger partial charge is 0.472 e. The third-order valence-corrected chi connectivity index (χ3v) is 10.8. The molecule has 0 aromatic carbocycles. The Morgan fingerprint density at radius 3 is 2.21 bits per heavy atom. The number of rotatable bonds is 29. The summed E-state index contributed by atoms with van der Waals surface area (Å²) >= 11 is 0. The van der Waals surface area contributed by atoms with Crippen LogP contribution < -0.4 is 5.73 Å². The molecule has 1 aliphatic heterocycles. The van der Waals surface area contributed by atoms with Gasteiger partial charge >= 0.3 is 7.82 Å². The van der Waals surface area contributed by atoms with Crippen LogP contribution in [0.25, 0.3) is 5.52 Å². The van der Waals surface area contributed by atoms with Crippen molar-refractivity contribution in [1.82, 2.24) is 24.6 Å². The van der Waals surface area contributed by atoms with E-state index in [0.29, 0.717) is 23.5 Å². The first-order chi connectivity index (χ1) is 27.2. The van der Waals surface area contributed by atoms with Crippen LogP contribution in [0.15, 0.2) is 30.9 Å². The summed E-state index contributed by atoms with van der Waals surface area (Å²) < 4.78 is 42.7. The maximum absolute atomic E-state index is 13.0. The van der Waals surface area contributed by atoms with E-state index in [2.05, 4.69) is 27.0 Å². The van der Waals surface area contributed by atoms with E-state index in [0.717, 1.165) is 19.3 Å². The predicted octanol–water partition coefficient (Wildman–Crippen LogP) is 7.05. The van der Waals surface area contributed by atoms with Crippen molar-refractivity contribution in [2.75, 3.05) is 32.2 Å². The number of nitrogen functional groups attached to an aromatic ring is 1. The summed E-state index contributed by atoms with van der Waals surface area (Å²) in [5, 5.41) is 34.0. The molecule has 0 saturated carbocycles. The molecule has 0 spiro atoms.